The maximum atomic E-state index is 14.5. The molecule has 1 atom stereocenters. The summed E-state index contributed by atoms with van der Waals surface area (Å²) in [5.41, 5.74) is 2.97. The van der Waals surface area contributed by atoms with Gasteiger partial charge < -0.3 is 14.8 Å². The number of ether oxygens (including phenoxy) is 2. The third kappa shape index (κ3) is 2.63. The minimum Gasteiger partial charge on any atom is -0.466 e. The van der Waals surface area contributed by atoms with Crippen molar-refractivity contribution in [2.75, 3.05) is 13.7 Å². The second-order valence-electron chi connectivity index (χ2n) is 6.04. The van der Waals surface area contributed by atoms with Gasteiger partial charge in [-0.3, -0.25) is 0 Å². The van der Waals surface area contributed by atoms with Crippen molar-refractivity contribution in [2.45, 2.75) is 19.8 Å². The van der Waals surface area contributed by atoms with Crippen LogP contribution in [0.25, 0.3) is 5.57 Å². The van der Waals surface area contributed by atoms with Crippen LogP contribution in [-0.4, -0.2) is 25.7 Å². The normalized spacial score (nSPS) is 19.4. The quantitative estimate of drug-likeness (QED) is 0.855. The van der Waals surface area contributed by atoms with E-state index in [-0.39, 0.29) is 17.7 Å². The smallest absolute Gasteiger partial charge is 0.337 e. The molecule has 1 N–H and O–H groups in total. The zero-order chi connectivity index (χ0) is 18.3. The first-order valence-corrected chi connectivity index (χ1v) is 7.77. The molecule has 0 bridgehead atoms. The van der Waals surface area contributed by atoms with Gasteiger partial charge in [0, 0.05) is 11.3 Å². The number of benzene rings is 1. The molecule has 25 heavy (non-hydrogen) atoms. The lowest BCUT2D eigenvalue weighted by atomic mass is 9.78. The fourth-order valence-electron chi connectivity index (χ4n) is 3.39. The van der Waals surface area contributed by atoms with E-state index in [1.54, 1.807) is 26.0 Å². The van der Waals surface area contributed by atoms with Crippen LogP contribution >= 0.6 is 0 Å². The molecule has 0 fully saturated rings. The van der Waals surface area contributed by atoms with Crippen LogP contribution in [0.2, 0.25) is 0 Å². The molecule has 1 aromatic rings. The molecule has 0 amide bonds. The van der Waals surface area contributed by atoms with Crippen LogP contribution < -0.4 is 5.32 Å². The summed E-state index contributed by atoms with van der Waals surface area (Å²) in [5.74, 6) is -2.35. The molecule has 130 valence electrons. The summed E-state index contributed by atoms with van der Waals surface area (Å²) < 4.78 is 24.5. The number of hydrogen-bond acceptors (Lipinski definition) is 5. The first-order valence-electron chi connectivity index (χ1n) is 7.77. The Balaban J connectivity index is 2.30. The summed E-state index contributed by atoms with van der Waals surface area (Å²) in [6.07, 6.45) is 0. The molecular weight excluding hydrogens is 325 g/mol. The number of carbonyl (C=O) groups excluding carboxylic acids is 2. The van der Waals surface area contributed by atoms with Gasteiger partial charge in [-0.05, 0) is 31.1 Å². The first-order chi connectivity index (χ1) is 11.9. The molecule has 3 rings (SSSR count). The van der Waals surface area contributed by atoms with E-state index in [1.807, 2.05) is 0 Å². The molecule has 0 saturated carbocycles. The summed E-state index contributed by atoms with van der Waals surface area (Å²) >= 11 is 0. The van der Waals surface area contributed by atoms with Crippen molar-refractivity contribution in [1.82, 2.24) is 5.32 Å². The Morgan fingerprint density at radius 2 is 2.16 bits per heavy atom. The van der Waals surface area contributed by atoms with Gasteiger partial charge >= 0.3 is 11.9 Å². The van der Waals surface area contributed by atoms with Crippen molar-refractivity contribution in [3.63, 3.8) is 0 Å². The van der Waals surface area contributed by atoms with Gasteiger partial charge in [-0.25, -0.2) is 14.0 Å². The van der Waals surface area contributed by atoms with Crippen LogP contribution in [0.15, 0.2) is 47.3 Å². The summed E-state index contributed by atoms with van der Waals surface area (Å²) in [6.45, 7) is 7.32. The highest BCUT2D eigenvalue weighted by molar-refractivity contribution is 6.01. The zero-order valence-electron chi connectivity index (χ0n) is 14.2. The van der Waals surface area contributed by atoms with E-state index >= 15 is 0 Å². The van der Waals surface area contributed by atoms with Gasteiger partial charge in [-0.2, -0.15) is 0 Å². The second kappa shape index (κ2) is 6.20. The highest BCUT2D eigenvalue weighted by Gasteiger charge is 2.42. The molecule has 0 radical (unpaired) electrons. The number of hydrogen-bond donors (Lipinski definition) is 1. The van der Waals surface area contributed by atoms with Gasteiger partial charge in [0.15, 0.2) is 0 Å². The lowest BCUT2D eigenvalue weighted by Crippen LogP contribution is -2.30. The number of dihydropyridines is 1. The molecule has 2 aliphatic heterocycles. The van der Waals surface area contributed by atoms with Gasteiger partial charge in [-0.1, -0.05) is 18.7 Å². The molecule has 5 nitrogen and oxygen atoms in total. The molecule has 0 saturated heterocycles. The van der Waals surface area contributed by atoms with Crippen LogP contribution in [0.4, 0.5) is 4.39 Å². The Hall–Kier alpha value is -2.89. The average molecular weight is 343 g/mol. The van der Waals surface area contributed by atoms with E-state index in [4.69, 9.17) is 9.47 Å². The standard InChI is InChI=1S/C19H18FNO4/c1-9(2)14-11(6-5-7-12(14)20)16-15(18(22)24-4)10(3)21-13-8-25-19(23)17(13)16/h5-7,16,21H,1,8H2,2-4H3/t16-/m0/s1. The van der Waals surface area contributed by atoms with Crippen LogP contribution in [0.1, 0.15) is 30.9 Å². The van der Waals surface area contributed by atoms with Crippen molar-refractivity contribution in [3.8, 4) is 0 Å². The number of esters is 2. The lowest BCUT2D eigenvalue weighted by molar-refractivity contribution is -0.136. The number of nitrogens with one attached hydrogen (secondary N) is 1. The van der Waals surface area contributed by atoms with E-state index in [9.17, 15) is 14.0 Å². The predicted molar refractivity (Wildman–Crippen MR) is 89.7 cm³/mol. The van der Waals surface area contributed by atoms with E-state index < -0.39 is 23.7 Å². The van der Waals surface area contributed by atoms with Crippen LogP contribution in [0.3, 0.4) is 0 Å². The molecule has 1 aromatic carbocycles. The highest BCUT2D eigenvalue weighted by atomic mass is 19.1. The number of halogens is 1. The van der Waals surface area contributed by atoms with Crippen molar-refractivity contribution < 1.29 is 23.5 Å². The fourth-order valence-corrected chi connectivity index (χ4v) is 3.39. The highest BCUT2D eigenvalue weighted by Crippen LogP contribution is 2.43. The first kappa shape index (κ1) is 17.0. The summed E-state index contributed by atoms with van der Waals surface area (Å²) in [4.78, 5) is 24.7. The SMILES string of the molecule is C=C(C)c1c(F)cccc1[C@H]1C(C(=O)OC)=C(C)NC2=C1C(=O)OC2. The van der Waals surface area contributed by atoms with Crippen molar-refractivity contribution in [1.29, 1.82) is 0 Å². The molecule has 6 heteroatoms. The fraction of sp³-hybridized carbons (Fsp3) is 0.263. The largest absolute Gasteiger partial charge is 0.466 e. The molecule has 0 spiro atoms. The summed E-state index contributed by atoms with van der Waals surface area (Å²) in [7, 11) is 1.27. The Bertz CT molecular complexity index is 866. The second-order valence-corrected chi connectivity index (χ2v) is 6.04. The zero-order valence-corrected chi connectivity index (χ0v) is 14.2. The number of methoxy groups -OCH3 is 1. The van der Waals surface area contributed by atoms with Crippen molar-refractivity contribution >= 4 is 17.5 Å². The lowest BCUT2D eigenvalue weighted by Gasteiger charge is -2.29. The molecule has 2 aliphatic rings. The maximum Gasteiger partial charge on any atom is 0.337 e. The van der Waals surface area contributed by atoms with Crippen molar-refractivity contribution in [2.24, 2.45) is 0 Å². The Morgan fingerprint density at radius 3 is 2.80 bits per heavy atom. The van der Waals surface area contributed by atoms with Gasteiger partial charge in [0.2, 0.25) is 0 Å². The average Bonchev–Trinajstić information content (AvgIpc) is 2.93. The number of cyclic esters (lactones) is 1. The van der Waals surface area contributed by atoms with E-state index in [0.717, 1.165) is 0 Å². The number of carbonyl (C=O) groups is 2. The van der Waals surface area contributed by atoms with Crippen LogP contribution in [0.5, 0.6) is 0 Å². The third-order valence-corrected chi connectivity index (χ3v) is 4.40. The van der Waals surface area contributed by atoms with Gasteiger partial charge in [-0.15, -0.1) is 0 Å². The van der Waals surface area contributed by atoms with Crippen molar-refractivity contribution in [3.05, 3.63) is 64.3 Å². The summed E-state index contributed by atoms with van der Waals surface area (Å²) in [5, 5.41) is 3.03. The molecular formula is C19H18FNO4. The minimum atomic E-state index is -0.777. The van der Waals surface area contributed by atoms with Crippen LogP contribution in [-0.2, 0) is 19.1 Å². The third-order valence-electron chi connectivity index (χ3n) is 4.40. The Morgan fingerprint density at radius 1 is 1.44 bits per heavy atom. The summed E-state index contributed by atoms with van der Waals surface area (Å²) in [6, 6.07) is 4.56. The van der Waals surface area contributed by atoms with E-state index in [1.165, 1.54) is 13.2 Å². The number of allylic oxidation sites excluding steroid dienone is 2. The monoisotopic (exact) mass is 343 g/mol. The minimum absolute atomic E-state index is 0.0914. The van der Waals surface area contributed by atoms with E-state index in [0.29, 0.717) is 28.1 Å². The maximum absolute atomic E-state index is 14.5. The van der Waals surface area contributed by atoms with Gasteiger partial charge in [0.05, 0.1) is 29.9 Å². The van der Waals surface area contributed by atoms with Gasteiger partial charge in [0.1, 0.15) is 12.4 Å². The molecule has 2 heterocycles. The topological polar surface area (TPSA) is 64.6 Å². The Labute approximate surface area is 144 Å². The Kier molecular flexibility index (Phi) is 4.20. The van der Waals surface area contributed by atoms with E-state index in [2.05, 4.69) is 11.9 Å². The van der Waals surface area contributed by atoms with Crippen LogP contribution in [0, 0.1) is 5.82 Å². The van der Waals surface area contributed by atoms with Gasteiger partial charge in [0.25, 0.3) is 0 Å². The predicted octanol–water partition coefficient (Wildman–Crippen LogP) is 2.80. The molecule has 0 aliphatic carbocycles. The number of rotatable bonds is 3. The molecule has 0 unspecified atom stereocenters. The molecule has 0 aromatic heterocycles.